The molecule has 0 fully saturated rings. The molecule has 0 bridgehead atoms. The van der Waals surface area contributed by atoms with Crippen LogP contribution in [0.25, 0.3) is 88.3 Å². The van der Waals surface area contributed by atoms with E-state index in [1.54, 1.807) is 24.2 Å². The smallest absolute Gasteiger partial charge is 0.227 e. The molecule has 0 amide bonds. The molecule has 720 valence electrons. The highest BCUT2D eigenvalue weighted by atomic mass is 16.4. The van der Waals surface area contributed by atoms with Gasteiger partial charge in [0.25, 0.3) is 0 Å². The molecule has 8 aliphatic heterocycles. The Hall–Kier alpha value is -15.0. The van der Waals surface area contributed by atoms with Gasteiger partial charge in [0.05, 0.1) is 56.9 Å². The first-order valence-electron chi connectivity index (χ1n) is 52.8. The van der Waals surface area contributed by atoms with Crippen molar-refractivity contribution in [3.63, 3.8) is 0 Å². The van der Waals surface area contributed by atoms with Crippen molar-refractivity contribution in [2.75, 3.05) is 99.0 Å². The van der Waals surface area contributed by atoms with Gasteiger partial charge in [-0.05, 0) is 287 Å². The fourth-order valence-electron chi connectivity index (χ4n) is 22.5. The molecule has 0 aliphatic carbocycles. The van der Waals surface area contributed by atoms with Gasteiger partial charge in [0.1, 0.15) is 49.3 Å². The summed E-state index contributed by atoms with van der Waals surface area (Å²) in [5.41, 5.74) is 25.9. The molecule has 28 nitrogen and oxygen atoms in total. The molecule has 16 aromatic rings. The first-order valence-corrected chi connectivity index (χ1v) is 48.8. The Kier molecular flexibility index (Phi) is 20.6. The van der Waals surface area contributed by atoms with E-state index in [0.717, 1.165) is 204 Å². The van der Waals surface area contributed by atoms with Crippen molar-refractivity contribution in [1.82, 2.24) is 59.5 Å². The van der Waals surface area contributed by atoms with Crippen molar-refractivity contribution in [2.45, 2.75) is 228 Å². The van der Waals surface area contributed by atoms with Crippen LogP contribution < -0.4 is 58.8 Å². The van der Waals surface area contributed by atoms with E-state index in [9.17, 15) is 0 Å². The number of hydrogen-bond acceptors (Lipinski definition) is 28. The summed E-state index contributed by atoms with van der Waals surface area (Å²) in [6.45, 7) is 44.1. The third-order valence-corrected chi connectivity index (χ3v) is 29.7. The predicted octanol–water partition coefficient (Wildman–Crippen LogP) is 25.1. The van der Waals surface area contributed by atoms with E-state index < -0.39 is 26.5 Å². The van der Waals surface area contributed by atoms with Gasteiger partial charge in [0.2, 0.25) is 22.9 Å². The van der Waals surface area contributed by atoms with Gasteiger partial charge in [0.15, 0.2) is 45.6 Å². The highest BCUT2D eigenvalue weighted by Gasteiger charge is 2.46. The zero-order valence-corrected chi connectivity index (χ0v) is 84.2. The number of furan rings is 4. The lowest BCUT2D eigenvalue weighted by Crippen LogP contribution is -2.43. The molecular formula is C112H128N24O4. The first kappa shape index (κ1) is 82.1. The highest BCUT2D eigenvalue weighted by Crippen LogP contribution is 2.57. The summed E-state index contributed by atoms with van der Waals surface area (Å²) >= 11 is 0. The lowest BCUT2D eigenvalue weighted by atomic mass is 10.0. The maximum absolute atomic E-state index is 8.22. The molecule has 0 saturated heterocycles. The molecule has 140 heavy (non-hydrogen) atoms. The average molecular weight is 1880 g/mol. The minimum absolute atomic E-state index is 0.0357. The van der Waals surface area contributed by atoms with Crippen LogP contribution in [-0.4, -0.2) is 161 Å². The monoisotopic (exact) mass is 1880 g/mol. The second-order valence-corrected chi connectivity index (χ2v) is 38.3. The molecule has 4 aromatic carbocycles. The summed E-state index contributed by atoms with van der Waals surface area (Å²) in [5, 5.41) is 7.82. The van der Waals surface area contributed by atoms with Gasteiger partial charge < -0.3 is 96.1 Å². The Morgan fingerprint density at radius 2 is 0.643 bits per heavy atom. The Bertz CT molecular complexity index is 8080. The fraction of sp³-hybridized carbons (Fsp3) is 0.357. The van der Waals surface area contributed by atoms with Gasteiger partial charge in [-0.15, -0.1) is 0 Å². The van der Waals surface area contributed by atoms with E-state index in [2.05, 4.69) is 253 Å². The number of fused-ring (bicyclic) bond motifs is 16. The Labute approximate surface area is 830 Å². The van der Waals surface area contributed by atoms with Crippen molar-refractivity contribution in [3.8, 4) is 0 Å². The molecule has 12 aromatic heterocycles. The number of aryl methyl sites for hydroxylation is 4. The first-order chi connectivity index (χ1) is 70.5. The summed E-state index contributed by atoms with van der Waals surface area (Å²) < 4.78 is 89.2. The van der Waals surface area contributed by atoms with Crippen molar-refractivity contribution in [2.24, 2.45) is 0 Å². The molecule has 24 rings (SSSR count). The van der Waals surface area contributed by atoms with Crippen LogP contribution in [0.3, 0.4) is 0 Å². The van der Waals surface area contributed by atoms with Crippen LogP contribution in [0.4, 0.5) is 91.5 Å². The Balaban J connectivity index is 0.000000116. The largest absolute Gasteiger partial charge is 0.435 e. The van der Waals surface area contributed by atoms with Gasteiger partial charge in [-0.1, -0.05) is 0 Å². The van der Waals surface area contributed by atoms with Crippen LogP contribution in [0.1, 0.15) is 167 Å². The van der Waals surface area contributed by atoms with Crippen LogP contribution in [-0.2, 0) is 0 Å². The fourth-order valence-corrected chi connectivity index (χ4v) is 22.5. The third-order valence-electron chi connectivity index (χ3n) is 29.7. The molecule has 0 radical (unpaired) electrons. The normalized spacial score (nSPS) is 20.8. The summed E-state index contributed by atoms with van der Waals surface area (Å²) in [6.07, 6.45) is 22.1. The van der Waals surface area contributed by atoms with E-state index in [0.29, 0.717) is 46.1 Å². The summed E-state index contributed by atoms with van der Waals surface area (Å²) in [6, 6.07) is 42.5. The maximum Gasteiger partial charge on any atom is 0.227 e. The number of pyridine rings is 8. The number of benzene rings is 4. The Morgan fingerprint density at radius 1 is 0.321 bits per heavy atom. The minimum Gasteiger partial charge on any atom is -0.435 e. The van der Waals surface area contributed by atoms with Crippen molar-refractivity contribution in [1.29, 1.82) is 0 Å². The minimum atomic E-state index is -2.23. The number of rotatable bonds is 14. The molecule has 0 N–H and O–H groups in total. The maximum atomic E-state index is 8.22. The second kappa shape index (κ2) is 35.2. The van der Waals surface area contributed by atoms with Gasteiger partial charge >= 0.3 is 0 Å². The number of anilines is 16. The zero-order valence-electron chi connectivity index (χ0n) is 92.2. The van der Waals surface area contributed by atoms with Gasteiger partial charge in [0, 0.05) is 237 Å². The van der Waals surface area contributed by atoms with E-state index in [4.69, 9.17) is 58.5 Å². The van der Waals surface area contributed by atoms with Crippen molar-refractivity contribution >= 4 is 180 Å². The summed E-state index contributed by atoms with van der Waals surface area (Å²) in [4.78, 5) is 72.8. The SMILES string of the molecule is CCN1c2cccnc2N(c2cc3c(oc4nc(C)ccc43)c(N3c4ncccc4N(CC)[C@@H]3C)c2C)[C@@H]1C.Cc1ccc2c(n1)oc1c(N3c4ncccc4N(C(C)C)[C@@H]3C)c(C)c(N3c4ncccc4N(C(C)C)[C@H]3C)cc12.[2H]C([2H])([2H])CN1C=CN(c2c(C)c(N3C=CN(C([2H])([2H])C)[C@H]3C)cc3c2oc2nc(C)ccc23)[C@H]1C.[2H]C([2H])([2H])N1C=CN(c2c(C)c(N3C=CN(C)[C@H]3C)cc3c2oc2nc(C)ccc23)[C@H]1C. The van der Waals surface area contributed by atoms with Gasteiger partial charge in [-0.2, -0.15) is 0 Å². The second-order valence-electron chi connectivity index (χ2n) is 38.3. The zero-order chi connectivity index (χ0) is 105. The van der Waals surface area contributed by atoms with E-state index in [1.807, 2.05) is 168 Å². The van der Waals surface area contributed by atoms with Crippen LogP contribution in [0.15, 0.2) is 213 Å². The van der Waals surface area contributed by atoms with Gasteiger partial charge in [-0.25, -0.2) is 39.9 Å². The van der Waals surface area contributed by atoms with Crippen LogP contribution in [0.2, 0.25) is 0 Å². The lowest BCUT2D eigenvalue weighted by molar-refractivity contribution is 0.333. The number of aromatic nitrogens is 8. The average Bonchev–Trinajstić information content (AvgIpc) is 1.56. The lowest BCUT2D eigenvalue weighted by Gasteiger charge is -2.35. The number of hydrogen-bond donors (Lipinski definition) is 0. The molecule has 0 saturated carbocycles. The van der Waals surface area contributed by atoms with Gasteiger partial charge in [-0.3, -0.25) is 0 Å². The van der Waals surface area contributed by atoms with Crippen molar-refractivity contribution < 1.29 is 28.6 Å². The van der Waals surface area contributed by atoms with Crippen LogP contribution in [0, 0.1) is 55.4 Å². The van der Waals surface area contributed by atoms with E-state index in [-0.39, 0.29) is 49.7 Å². The van der Waals surface area contributed by atoms with Crippen molar-refractivity contribution in [3.05, 3.63) is 241 Å². The molecule has 28 heteroatoms. The molecule has 0 unspecified atom stereocenters. The van der Waals surface area contributed by atoms with E-state index >= 15 is 0 Å². The predicted molar refractivity (Wildman–Crippen MR) is 573 cm³/mol. The highest BCUT2D eigenvalue weighted by molar-refractivity contribution is 6.16. The molecule has 8 aliphatic rings. The van der Waals surface area contributed by atoms with E-state index in [1.165, 1.54) is 4.90 Å². The van der Waals surface area contributed by atoms with Crippen LogP contribution in [0.5, 0.6) is 0 Å². The molecule has 8 atom stereocenters. The van der Waals surface area contributed by atoms with Crippen LogP contribution >= 0.6 is 0 Å². The topological polar surface area (TPSA) is 208 Å². The quantitative estimate of drug-likeness (QED) is 0.0991. The molecule has 0 spiro atoms. The summed E-state index contributed by atoms with van der Waals surface area (Å²) in [5.74, 6) is 3.84. The molecular weight excluding hydrogens is 1750 g/mol. The Morgan fingerprint density at radius 3 is 1.04 bits per heavy atom. The number of nitrogens with zero attached hydrogens (tertiary/aromatic N) is 24. The molecule has 20 heterocycles. The summed E-state index contributed by atoms with van der Waals surface area (Å²) in [7, 11) is 2.05. The standard InChI is InChI=1S/C33H37N7O.C31H33N7O.C25H31N5O.C23H27N5O/c1-18(2)37-22(7)39(31-26(37)11-9-15-34-31)28-17-25-24-14-13-20(5)36-33(24)41-30(25)29(21(28)6)40-23(8)38(19(3)4)27-12-10-16-35-32(27)40;1-7-35-20(5)37(29-24(35)11-9-15-32-29)26-17-23-22-14-13-18(3)34-31(22)39-28(23)27(19(26)4)38-21(6)36(8-2)25-12-10-16-33-30(25)38;1-7-27-11-13-29(18(27)5)22-15-21-20-10-9-16(3)26-25(20)31-24(21)23(17(22)4)30-14-12-28(8-2)19(30)6;1-14-7-8-18-19-13-20(27-11-9-25(5)16(27)3)15(2)21(22(19)29-23(18)24-14)28-12-10-26(6)17(28)4/h9-19,22-23H,1-8H3;9-17,20-21H,7-8H2,1-6H3;9-15,18-19H,7-8H2,1-6H3;7-13,16-17H,1-6H3/t22-,23+;20-,21+;18-,19+;16-,17+/m1111/s1/i;;2D3,7D2;6D3. The third kappa shape index (κ3) is 14.4.